The van der Waals surface area contributed by atoms with Crippen molar-refractivity contribution < 1.29 is 14.3 Å². The zero-order chi connectivity index (χ0) is 20.8. The molecule has 2 fully saturated rings. The highest BCUT2D eigenvalue weighted by Crippen LogP contribution is 2.59. The van der Waals surface area contributed by atoms with Crippen LogP contribution in [-0.2, 0) is 21.5 Å². The summed E-state index contributed by atoms with van der Waals surface area (Å²) in [5.41, 5.74) is 1.71. The largest absolute Gasteiger partial charge is 0.381 e. The van der Waals surface area contributed by atoms with Crippen molar-refractivity contribution in [3.05, 3.63) is 34.9 Å². The molecule has 1 unspecified atom stereocenters. The molecule has 1 aromatic carbocycles. The molecule has 5 nitrogen and oxygen atoms in total. The molecule has 1 saturated carbocycles. The zero-order valence-electron chi connectivity index (χ0n) is 17.8. The Morgan fingerprint density at radius 2 is 2.00 bits per heavy atom. The minimum atomic E-state index is -0.984. The summed E-state index contributed by atoms with van der Waals surface area (Å²) < 4.78 is 5.57. The number of benzene rings is 1. The third kappa shape index (κ3) is 2.97. The highest BCUT2D eigenvalue weighted by molar-refractivity contribution is 6.08. The van der Waals surface area contributed by atoms with Crippen LogP contribution in [0.25, 0.3) is 0 Å². The fraction of sp³-hybridized carbons (Fsp3) is 0.583. The third-order valence-corrected chi connectivity index (χ3v) is 7.03. The third-order valence-electron chi connectivity index (χ3n) is 7.03. The van der Waals surface area contributed by atoms with Gasteiger partial charge in [-0.1, -0.05) is 31.8 Å². The van der Waals surface area contributed by atoms with Crippen LogP contribution in [0.5, 0.6) is 0 Å². The van der Waals surface area contributed by atoms with E-state index in [1.807, 2.05) is 12.1 Å². The van der Waals surface area contributed by atoms with Gasteiger partial charge in [-0.15, -0.1) is 0 Å². The predicted molar refractivity (Wildman–Crippen MR) is 111 cm³/mol. The summed E-state index contributed by atoms with van der Waals surface area (Å²) in [7, 11) is 3.32. The number of amides is 3. The number of carbonyl (C=O) groups is 2. The summed E-state index contributed by atoms with van der Waals surface area (Å²) in [6, 6.07) is 5.88. The number of urea groups is 1. The van der Waals surface area contributed by atoms with E-state index < -0.39 is 5.54 Å². The highest BCUT2D eigenvalue weighted by Gasteiger charge is 2.67. The van der Waals surface area contributed by atoms with Crippen molar-refractivity contribution in [1.29, 1.82) is 0 Å². The van der Waals surface area contributed by atoms with Crippen LogP contribution in [0.3, 0.4) is 0 Å². The van der Waals surface area contributed by atoms with E-state index in [-0.39, 0.29) is 23.5 Å². The van der Waals surface area contributed by atoms with Crippen molar-refractivity contribution in [3.63, 3.8) is 0 Å². The number of carbonyl (C=O) groups excluding carboxylic acids is 2. The molecule has 1 aromatic rings. The number of hydrogen-bond acceptors (Lipinski definition) is 3. The van der Waals surface area contributed by atoms with E-state index in [1.165, 1.54) is 4.90 Å². The molecular weight excluding hydrogens is 364 g/mol. The molecule has 1 saturated heterocycles. The first kappa shape index (κ1) is 20.0. The van der Waals surface area contributed by atoms with E-state index in [9.17, 15) is 9.59 Å². The van der Waals surface area contributed by atoms with Gasteiger partial charge in [-0.3, -0.25) is 9.69 Å². The number of nitrogens with zero attached hydrogens (tertiary/aromatic N) is 1. The zero-order valence-corrected chi connectivity index (χ0v) is 17.8. The monoisotopic (exact) mass is 394 g/mol. The van der Waals surface area contributed by atoms with E-state index in [4.69, 9.17) is 4.74 Å². The molecule has 1 heterocycles. The molecule has 0 bridgehead atoms. The first-order chi connectivity index (χ1) is 13.8. The Bertz CT molecular complexity index is 902. The fourth-order valence-electron chi connectivity index (χ4n) is 5.41. The Morgan fingerprint density at radius 3 is 2.59 bits per heavy atom. The number of fused-ring (bicyclic) bond motifs is 3. The van der Waals surface area contributed by atoms with Gasteiger partial charge in [0, 0.05) is 31.6 Å². The summed E-state index contributed by atoms with van der Waals surface area (Å²) in [6.45, 7) is 4.30. The van der Waals surface area contributed by atoms with Gasteiger partial charge in [0.25, 0.3) is 5.91 Å². The molecule has 154 valence electrons. The Morgan fingerprint density at radius 1 is 1.28 bits per heavy atom. The van der Waals surface area contributed by atoms with Gasteiger partial charge in [0.1, 0.15) is 0 Å². The lowest BCUT2D eigenvalue weighted by atomic mass is 9.61. The summed E-state index contributed by atoms with van der Waals surface area (Å²) in [4.78, 5) is 27.3. The number of imide groups is 1. The van der Waals surface area contributed by atoms with Crippen LogP contribution in [-0.4, -0.2) is 37.1 Å². The van der Waals surface area contributed by atoms with Crippen molar-refractivity contribution in [3.8, 4) is 11.8 Å². The molecule has 2 aliphatic carbocycles. The van der Waals surface area contributed by atoms with Crippen LogP contribution in [0.15, 0.2) is 18.2 Å². The van der Waals surface area contributed by atoms with E-state index in [0.717, 1.165) is 55.2 Å². The van der Waals surface area contributed by atoms with Crippen molar-refractivity contribution in [2.45, 2.75) is 64.0 Å². The molecule has 1 atom stereocenters. The van der Waals surface area contributed by atoms with Crippen molar-refractivity contribution in [2.75, 3.05) is 14.2 Å². The van der Waals surface area contributed by atoms with Gasteiger partial charge in [0.05, 0.1) is 6.10 Å². The summed E-state index contributed by atoms with van der Waals surface area (Å²) in [6.07, 6.45) is 5.38. The number of nitrogens with one attached hydrogen (secondary N) is 1. The summed E-state index contributed by atoms with van der Waals surface area (Å²) in [5.74, 6) is 6.87. The normalized spacial score (nSPS) is 30.7. The average molecular weight is 395 g/mol. The second kappa shape index (κ2) is 7.18. The molecule has 0 aromatic heterocycles. The first-order valence-corrected chi connectivity index (χ1v) is 10.6. The molecule has 29 heavy (non-hydrogen) atoms. The molecule has 4 rings (SSSR count). The topological polar surface area (TPSA) is 58.6 Å². The first-order valence-electron chi connectivity index (χ1n) is 10.6. The number of methoxy groups -OCH3 is 1. The van der Waals surface area contributed by atoms with Gasteiger partial charge in [-0.05, 0) is 61.3 Å². The van der Waals surface area contributed by atoms with Crippen molar-refractivity contribution in [1.82, 2.24) is 10.2 Å². The van der Waals surface area contributed by atoms with Crippen molar-refractivity contribution >= 4 is 11.9 Å². The van der Waals surface area contributed by atoms with Crippen LogP contribution in [0.2, 0.25) is 0 Å². The van der Waals surface area contributed by atoms with Crippen LogP contribution in [0, 0.1) is 23.2 Å². The van der Waals surface area contributed by atoms with Gasteiger partial charge in [-0.2, -0.15) is 0 Å². The minimum Gasteiger partial charge on any atom is -0.381 e. The summed E-state index contributed by atoms with van der Waals surface area (Å²) in [5, 5.41) is 3.13. The van der Waals surface area contributed by atoms with Crippen LogP contribution < -0.4 is 5.32 Å². The van der Waals surface area contributed by atoms with Gasteiger partial charge >= 0.3 is 6.03 Å². The van der Waals surface area contributed by atoms with Crippen molar-refractivity contribution in [2.24, 2.45) is 11.3 Å². The lowest BCUT2D eigenvalue weighted by Gasteiger charge is -2.46. The maximum Gasteiger partial charge on any atom is 0.325 e. The second-order valence-electron chi connectivity index (χ2n) is 9.21. The molecule has 1 N–H and O–H groups in total. The van der Waals surface area contributed by atoms with Crippen LogP contribution in [0.4, 0.5) is 4.79 Å². The van der Waals surface area contributed by atoms with Crippen LogP contribution in [0.1, 0.15) is 62.6 Å². The molecule has 5 heteroatoms. The SMILES string of the molecule is COC1CCC2(CC1)Cc1ccc(C#CCC(C)C)cc1C21NC(=O)N(C)C1=O. The smallest absolute Gasteiger partial charge is 0.325 e. The lowest BCUT2D eigenvalue weighted by Crippen LogP contribution is -2.56. The van der Waals surface area contributed by atoms with Gasteiger partial charge < -0.3 is 10.1 Å². The predicted octanol–water partition coefficient (Wildman–Crippen LogP) is 3.59. The van der Waals surface area contributed by atoms with E-state index in [0.29, 0.717) is 5.92 Å². The van der Waals surface area contributed by atoms with Crippen LogP contribution >= 0.6 is 0 Å². The average Bonchev–Trinajstić information content (AvgIpc) is 3.09. The van der Waals surface area contributed by atoms with Gasteiger partial charge in [0.2, 0.25) is 0 Å². The number of ether oxygens (including phenoxy) is 1. The maximum absolute atomic E-state index is 13.5. The lowest BCUT2D eigenvalue weighted by molar-refractivity contribution is -0.137. The molecule has 3 aliphatic rings. The number of hydrogen-bond donors (Lipinski definition) is 1. The maximum atomic E-state index is 13.5. The Hall–Kier alpha value is -2.32. The Labute approximate surface area is 173 Å². The standard InChI is InChI=1S/C24H30N2O3/c1-16(2)6-5-7-17-8-9-18-15-23(12-10-19(29-4)11-13-23)24(20(18)14-17)21(27)26(3)22(28)25-24/h8-9,14,16,19H,6,10-13,15H2,1-4H3,(H,25,28). The van der Waals surface area contributed by atoms with E-state index >= 15 is 0 Å². The minimum absolute atomic E-state index is 0.135. The van der Waals surface area contributed by atoms with E-state index in [1.54, 1.807) is 14.2 Å². The van der Waals surface area contributed by atoms with Gasteiger partial charge in [-0.25, -0.2) is 4.79 Å². The quantitative estimate of drug-likeness (QED) is 0.616. The molecule has 3 amide bonds. The summed E-state index contributed by atoms with van der Waals surface area (Å²) >= 11 is 0. The Kier molecular flexibility index (Phi) is 4.94. The molecule has 0 radical (unpaired) electrons. The number of likely N-dealkylation sites (N-methyl/N-ethyl adjacent to an activating group) is 1. The fourth-order valence-corrected chi connectivity index (χ4v) is 5.41. The highest BCUT2D eigenvalue weighted by atomic mass is 16.5. The molecular formula is C24H30N2O3. The molecule has 1 aliphatic heterocycles. The van der Waals surface area contributed by atoms with Gasteiger partial charge in [0.15, 0.2) is 5.54 Å². The Balaban J connectivity index is 1.79. The molecule has 2 spiro atoms. The number of rotatable bonds is 2. The van der Waals surface area contributed by atoms with E-state index in [2.05, 4.69) is 37.1 Å². The second-order valence-corrected chi connectivity index (χ2v) is 9.21.